The maximum absolute atomic E-state index is 11.6. The van der Waals surface area contributed by atoms with Crippen molar-refractivity contribution in [3.8, 4) is 0 Å². The Morgan fingerprint density at radius 1 is 0.842 bits per heavy atom. The van der Waals surface area contributed by atoms with Gasteiger partial charge in [0, 0.05) is 40.6 Å². The number of rotatable bonds is 1. The van der Waals surface area contributed by atoms with Crippen molar-refractivity contribution in [3.63, 3.8) is 0 Å². The molecule has 1 amide bonds. The van der Waals surface area contributed by atoms with Crippen LogP contribution in [0.3, 0.4) is 0 Å². The van der Waals surface area contributed by atoms with Crippen molar-refractivity contribution in [2.75, 3.05) is 33.3 Å². The van der Waals surface area contributed by atoms with E-state index >= 15 is 0 Å². The standard InChI is InChI=1S/C12H12O2.C11H11NO2.C9H15NO3.C8H7IO2.C3H7.BrH.Mg/c13-11-9-5-1-2-6-10(9)12(14-11)7-3-4-8-12;13-10-8-3-1-2-4-9(8)11(14-10)5-6-12-7-11;1-9(2,3)13-8(12)10-5-4-7(11)6-10;1-11-8(10)6-4-2-3-5-7(6)9;1-3-2;;/h1-2,5-6H,3-4,7-8H2;1-4,12H,5-7H2;4-6H2,1-3H3;2-5H,1H3;3H,1-2H3;1H;/q;;;;-1;;+2. The van der Waals surface area contributed by atoms with Gasteiger partial charge in [-0.05, 0) is 99.9 Å². The zero-order valence-corrected chi connectivity index (χ0v) is 38.8. The second kappa shape index (κ2) is 22.9. The molecule has 3 fully saturated rings. The molecule has 2 spiro atoms. The van der Waals surface area contributed by atoms with Crippen LogP contribution in [-0.2, 0) is 34.9 Å². The number of nitrogens with one attached hydrogen (secondary N) is 1. The van der Waals surface area contributed by atoms with Gasteiger partial charge in [0.15, 0.2) is 11.4 Å². The molecule has 14 heteroatoms. The van der Waals surface area contributed by atoms with Crippen LogP contribution < -0.4 is 22.3 Å². The van der Waals surface area contributed by atoms with Crippen molar-refractivity contribution >= 4 is 75.4 Å². The van der Waals surface area contributed by atoms with Gasteiger partial charge in [0.2, 0.25) is 0 Å². The normalized spacial score (nSPS) is 18.9. The number of ether oxygens (including phenoxy) is 4. The van der Waals surface area contributed by atoms with E-state index in [1.54, 1.807) is 6.07 Å². The van der Waals surface area contributed by atoms with Crippen LogP contribution in [0.25, 0.3) is 0 Å². The van der Waals surface area contributed by atoms with Crippen LogP contribution in [0.4, 0.5) is 4.79 Å². The summed E-state index contributed by atoms with van der Waals surface area (Å²) in [5.41, 5.74) is 3.18. The minimum atomic E-state index is -0.483. The average molecular weight is 973 g/mol. The van der Waals surface area contributed by atoms with E-state index in [1.165, 1.54) is 24.9 Å². The molecule has 3 aromatic carbocycles. The molecule has 4 heterocycles. The van der Waals surface area contributed by atoms with Gasteiger partial charge < -0.3 is 52.6 Å². The number of likely N-dealkylation sites (tertiary alicyclic amines) is 1. The molecule has 0 bridgehead atoms. The summed E-state index contributed by atoms with van der Waals surface area (Å²) in [6, 6.07) is 22.8. The van der Waals surface area contributed by atoms with E-state index in [-0.39, 0.29) is 82.9 Å². The van der Waals surface area contributed by atoms with Gasteiger partial charge in [0.25, 0.3) is 0 Å². The number of hydrogen-bond donors (Lipinski definition) is 1. The largest absolute Gasteiger partial charge is 2.00 e. The summed E-state index contributed by atoms with van der Waals surface area (Å²) in [4.78, 5) is 57.9. The van der Waals surface area contributed by atoms with Crippen molar-refractivity contribution in [1.82, 2.24) is 10.2 Å². The number of amides is 1. The van der Waals surface area contributed by atoms with Crippen molar-refractivity contribution in [2.24, 2.45) is 0 Å². The Kier molecular flexibility index (Phi) is 20.1. The molecule has 0 aromatic heterocycles. The summed E-state index contributed by atoms with van der Waals surface area (Å²) >= 11 is 2.10. The summed E-state index contributed by atoms with van der Waals surface area (Å²) in [7, 11) is 1.38. The molecule has 0 radical (unpaired) electrons. The fraction of sp³-hybridized carbons (Fsp3) is 0.442. The molecule has 1 N–H and O–H groups in total. The first-order chi connectivity index (χ1) is 26.2. The summed E-state index contributed by atoms with van der Waals surface area (Å²) < 4.78 is 21.6. The van der Waals surface area contributed by atoms with Crippen molar-refractivity contribution < 1.29 is 61.3 Å². The van der Waals surface area contributed by atoms with E-state index < -0.39 is 11.7 Å². The molecule has 1 atom stereocenters. The first-order valence-corrected chi connectivity index (χ1v) is 19.7. The Balaban J connectivity index is 0.000000373. The Bertz CT molecular complexity index is 1770. The van der Waals surface area contributed by atoms with Crippen LogP contribution in [-0.4, -0.2) is 96.6 Å². The predicted octanol–water partition coefficient (Wildman–Crippen LogP) is 4.91. The molecule has 1 saturated carbocycles. The van der Waals surface area contributed by atoms with Gasteiger partial charge in [-0.15, -0.1) is 0 Å². The van der Waals surface area contributed by atoms with Crippen molar-refractivity contribution in [3.05, 3.63) is 111 Å². The van der Waals surface area contributed by atoms with Crippen LogP contribution in [0.5, 0.6) is 0 Å². The Labute approximate surface area is 378 Å². The molecule has 2 saturated heterocycles. The summed E-state index contributed by atoms with van der Waals surface area (Å²) in [5.74, 6) is -0.493. The quantitative estimate of drug-likeness (QED) is 0.118. The van der Waals surface area contributed by atoms with Crippen LogP contribution in [0.15, 0.2) is 72.8 Å². The Morgan fingerprint density at radius 2 is 1.35 bits per heavy atom. The minimum absolute atomic E-state index is 0. The molecule has 57 heavy (non-hydrogen) atoms. The van der Waals surface area contributed by atoms with Gasteiger partial charge in [0.1, 0.15) is 11.2 Å². The van der Waals surface area contributed by atoms with Gasteiger partial charge in [-0.25, -0.2) is 19.2 Å². The number of halogens is 2. The zero-order chi connectivity index (χ0) is 40.2. The maximum Gasteiger partial charge on any atom is 2.00 e. The van der Waals surface area contributed by atoms with Crippen LogP contribution in [0.2, 0.25) is 0 Å². The summed E-state index contributed by atoms with van der Waals surface area (Å²) in [5, 5.41) is 3.24. The number of esters is 3. The first kappa shape index (κ1) is 50.1. The van der Waals surface area contributed by atoms with E-state index in [0.717, 1.165) is 58.2 Å². The number of hydrogen-bond acceptors (Lipinski definition) is 10. The van der Waals surface area contributed by atoms with Crippen molar-refractivity contribution in [1.29, 1.82) is 0 Å². The molecule has 1 aliphatic carbocycles. The molecular weight excluding hydrogens is 920 g/mol. The molecule has 5 aliphatic rings. The minimum Gasteiger partial charge on any atom is -1.00 e. The third kappa shape index (κ3) is 13.2. The molecule has 3 aromatic rings. The Hall–Kier alpha value is -3.05. The number of carbonyl (C=O) groups is 5. The van der Waals surface area contributed by atoms with E-state index in [4.69, 9.17) is 14.2 Å². The number of Topliss-reactive ketones (excluding diaryl/α,β-unsaturated/α-hetero) is 1. The van der Waals surface area contributed by atoms with Gasteiger partial charge in [-0.3, -0.25) is 4.79 Å². The van der Waals surface area contributed by atoms with Crippen LogP contribution in [0, 0.1) is 9.99 Å². The number of fused-ring (bicyclic) bond motifs is 4. The van der Waals surface area contributed by atoms with Crippen molar-refractivity contribution in [2.45, 2.75) is 89.9 Å². The SMILES string of the molecule is CC(C)(C)OC(=O)N1CCC(=O)C1.COC(=O)c1ccccc1I.C[CH-]C.O=C1OC2(CCCC2)c2ccccc21.O=C1OC2(CCNC2)c2ccccc21.[Br-].[H+].[Mg+2]. The summed E-state index contributed by atoms with van der Waals surface area (Å²) in [6.45, 7) is 11.8. The number of nitrogens with zero attached hydrogens (tertiary/aromatic N) is 1. The smallest absolute Gasteiger partial charge is 1.00 e. The van der Waals surface area contributed by atoms with Crippen LogP contribution >= 0.6 is 22.6 Å². The maximum atomic E-state index is 11.6. The number of carbonyl (C=O) groups excluding carboxylic acids is 5. The Morgan fingerprint density at radius 3 is 1.82 bits per heavy atom. The fourth-order valence-electron chi connectivity index (χ4n) is 6.84. The molecule has 304 valence electrons. The monoisotopic (exact) mass is 971 g/mol. The van der Waals surface area contributed by atoms with Gasteiger partial charge in [-0.1, -0.05) is 48.5 Å². The fourth-order valence-corrected chi connectivity index (χ4v) is 7.45. The predicted molar refractivity (Wildman–Crippen MR) is 223 cm³/mol. The van der Waals surface area contributed by atoms with E-state index in [0.29, 0.717) is 18.5 Å². The molecule has 8 rings (SSSR count). The number of ketones is 1. The average Bonchev–Trinajstić information content (AvgIpc) is 4.01. The number of benzene rings is 3. The number of methoxy groups -OCH3 is 1. The van der Waals surface area contributed by atoms with E-state index in [1.807, 2.05) is 108 Å². The molecule has 1 unspecified atom stereocenters. The zero-order valence-electron chi connectivity index (χ0n) is 34.7. The van der Waals surface area contributed by atoms with Gasteiger partial charge in [-0.2, -0.15) is 13.8 Å². The topological polar surface area (TPSA) is 138 Å². The second-order valence-corrected chi connectivity index (χ2v) is 15.9. The molecule has 4 aliphatic heterocycles. The first-order valence-electron chi connectivity index (χ1n) is 18.6. The molecule has 11 nitrogen and oxygen atoms in total. The van der Waals surface area contributed by atoms with Crippen LogP contribution in [0.1, 0.15) is 117 Å². The van der Waals surface area contributed by atoms with Gasteiger partial charge in [0.05, 0.1) is 30.3 Å². The summed E-state index contributed by atoms with van der Waals surface area (Å²) in [6.07, 6.45) is 7.28. The third-order valence-electron chi connectivity index (χ3n) is 9.34. The third-order valence-corrected chi connectivity index (χ3v) is 10.3. The van der Waals surface area contributed by atoms with E-state index in [9.17, 15) is 24.0 Å². The van der Waals surface area contributed by atoms with E-state index in [2.05, 4.69) is 32.6 Å². The van der Waals surface area contributed by atoms with Gasteiger partial charge >= 0.3 is 48.5 Å². The molecular formula is C43H53BrIMgN2O9+. The second-order valence-electron chi connectivity index (χ2n) is 14.7.